The maximum Gasteiger partial charge on any atom is 0.257 e. The number of fused-ring (bicyclic) bond motifs is 2. The number of aromatic nitrogens is 2. The summed E-state index contributed by atoms with van der Waals surface area (Å²) in [5.74, 6) is 1.34. The molecule has 0 radical (unpaired) electrons. The van der Waals surface area contributed by atoms with Crippen molar-refractivity contribution in [2.75, 3.05) is 18.4 Å². The molecular formula is C21H22N4O3. The van der Waals surface area contributed by atoms with Gasteiger partial charge in [-0.1, -0.05) is 12.1 Å². The van der Waals surface area contributed by atoms with Crippen molar-refractivity contribution in [2.24, 2.45) is 11.8 Å². The highest BCUT2D eigenvalue weighted by atomic mass is 16.3. The Morgan fingerprint density at radius 1 is 1.18 bits per heavy atom. The average molecular weight is 378 g/mol. The summed E-state index contributed by atoms with van der Waals surface area (Å²) in [5.41, 5.74) is 1.25. The molecule has 1 aromatic carbocycles. The fourth-order valence-electron chi connectivity index (χ4n) is 4.65. The van der Waals surface area contributed by atoms with E-state index in [9.17, 15) is 9.90 Å². The van der Waals surface area contributed by atoms with Crippen LogP contribution in [0.15, 0.2) is 53.5 Å². The largest absolute Gasteiger partial charge is 0.464 e. The van der Waals surface area contributed by atoms with E-state index in [1.54, 1.807) is 24.9 Å². The minimum Gasteiger partial charge on any atom is -0.464 e. The van der Waals surface area contributed by atoms with Gasteiger partial charge in [0, 0.05) is 30.9 Å². The number of para-hydroxylation sites is 1. The Morgan fingerprint density at radius 3 is 2.86 bits per heavy atom. The maximum atomic E-state index is 13.1. The molecule has 1 aliphatic carbocycles. The molecule has 5 rings (SSSR count). The molecule has 2 fully saturated rings. The molecule has 7 nitrogen and oxygen atoms in total. The van der Waals surface area contributed by atoms with Gasteiger partial charge in [0.25, 0.3) is 5.91 Å². The Bertz CT molecular complexity index is 989. The van der Waals surface area contributed by atoms with E-state index in [1.165, 1.54) is 0 Å². The highest BCUT2D eigenvalue weighted by Crippen LogP contribution is 2.38. The third-order valence-electron chi connectivity index (χ3n) is 6.03. The van der Waals surface area contributed by atoms with Crippen LogP contribution in [0.5, 0.6) is 0 Å². The first kappa shape index (κ1) is 17.2. The van der Waals surface area contributed by atoms with E-state index in [0.29, 0.717) is 48.3 Å². The third kappa shape index (κ3) is 3.01. The van der Waals surface area contributed by atoms with Gasteiger partial charge in [0.1, 0.15) is 11.4 Å². The van der Waals surface area contributed by atoms with Crippen molar-refractivity contribution >= 4 is 22.7 Å². The Morgan fingerprint density at radius 2 is 2.04 bits per heavy atom. The molecule has 2 aliphatic rings. The van der Waals surface area contributed by atoms with E-state index in [2.05, 4.69) is 15.3 Å². The van der Waals surface area contributed by atoms with Crippen LogP contribution in [0, 0.1) is 11.8 Å². The lowest BCUT2D eigenvalue weighted by Crippen LogP contribution is -2.43. The van der Waals surface area contributed by atoms with E-state index in [-0.39, 0.29) is 11.9 Å². The number of rotatable bonds is 3. The summed E-state index contributed by atoms with van der Waals surface area (Å²) >= 11 is 0. The highest BCUT2D eigenvalue weighted by molar-refractivity contribution is 6.04. The van der Waals surface area contributed by atoms with Gasteiger partial charge < -0.3 is 19.7 Å². The standard InChI is InChI=1S/C21H22N4O3/c26-18-9-15-12-25(21(27)16-3-1-2-13-4-7-28-20(13)16)11-14(15)8-17(18)24-19-10-22-5-6-23-19/h1-7,10,14-15,17-18,26H,8-9,11-12H2,(H,23,24)/t14-,15+,17-,18-/m1/s1. The van der Waals surface area contributed by atoms with Crippen molar-refractivity contribution in [3.05, 3.63) is 54.7 Å². The van der Waals surface area contributed by atoms with Crippen LogP contribution in [0.1, 0.15) is 23.2 Å². The summed E-state index contributed by atoms with van der Waals surface area (Å²) in [5, 5.41) is 14.8. The molecule has 7 heteroatoms. The molecule has 0 bridgehead atoms. The predicted molar refractivity (Wildman–Crippen MR) is 104 cm³/mol. The van der Waals surface area contributed by atoms with Crippen molar-refractivity contribution in [3.63, 3.8) is 0 Å². The van der Waals surface area contributed by atoms with Crippen molar-refractivity contribution in [3.8, 4) is 0 Å². The SMILES string of the molecule is O=C(c1cccc2ccoc12)N1C[C@H]2C[C@@H](Nc3cnccn3)[C@H](O)C[C@H]2C1. The van der Waals surface area contributed by atoms with Crippen LogP contribution in [0.3, 0.4) is 0 Å². The summed E-state index contributed by atoms with van der Waals surface area (Å²) in [6.07, 6.45) is 7.54. The molecule has 3 heterocycles. The van der Waals surface area contributed by atoms with E-state index in [4.69, 9.17) is 4.42 Å². The summed E-state index contributed by atoms with van der Waals surface area (Å²) in [6, 6.07) is 7.44. The smallest absolute Gasteiger partial charge is 0.257 e. The summed E-state index contributed by atoms with van der Waals surface area (Å²) in [4.78, 5) is 23.3. The number of carbonyl (C=O) groups is 1. The Hall–Kier alpha value is -2.93. The number of amides is 1. The van der Waals surface area contributed by atoms with E-state index < -0.39 is 6.10 Å². The second-order valence-corrected chi connectivity index (χ2v) is 7.76. The summed E-state index contributed by atoms with van der Waals surface area (Å²) in [6.45, 7) is 1.38. The lowest BCUT2D eigenvalue weighted by molar-refractivity contribution is 0.0727. The third-order valence-corrected chi connectivity index (χ3v) is 6.03. The molecule has 2 aromatic heterocycles. The number of furan rings is 1. The van der Waals surface area contributed by atoms with Crippen LogP contribution >= 0.6 is 0 Å². The second kappa shape index (κ2) is 6.91. The zero-order valence-corrected chi connectivity index (χ0v) is 15.4. The molecule has 1 saturated heterocycles. The van der Waals surface area contributed by atoms with Crippen molar-refractivity contribution in [2.45, 2.75) is 25.0 Å². The van der Waals surface area contributed by atoms with Crippen molar-refractivity contribution in [1.29, 1.82) is 0 Å². The molecule has 1 saturated carbocycles. The number of aliphatic hydroxyl groups excluding tert-OH is 1. The number of nitrogens with zero attached hydrogens (tertiary/aromatic N) is 3. The zero-order chi connectivity index (χ0) is 19.1. The number of carbonyl (C=O) groups excluding carboxylic acids is 1. The van der Waals surface area contributed by atoms with E-state index in [1.807, 2.05) is 29.2 Å². The quantitative estimate of drug-likeness (QED) is 0.728. The molecule has 2 N–H and O–H groups in total. The molecule has 3 aromatic rings. The van der Waals surface area contributed by atoms with Gasteiger partial charge in [-0.05, 0) is 36.8 Å². The van der Waals surface area contributed by atoms with Crippen molar-refractivity contribution in [1.82, 2.24) is 14.9 Å². The van der Waals surface area contributed by atoms with Crippen molar-refractivity contribution < 1.29 is 14.3 Å². The molecule has 28 heavy (non-hydrogen) atoms. The van der Waals surface area contributed by atoms with Gasteiger partial charge in [-0.25, -0.2) is 4.98 Å². The Kier molecular flexibility index (Phi) is 4.24. The van der Waals surface area contributed by atoms with Crippen LogP contribution in [-0.2, 0) is 0 Å². The number of likely N-dealkylation sites (tertiary alicyclic amines) is 1. The highest BCUT2D eigenvalue weighted by Gasteiger charge is 2.43. The number of anilines is 1. The van der Waals surface area contributed by atoms with Gasteiger partial charge in [-0.2, -0.15) is 0 Å². The summed E-state index contributed by atoms with van der Waals surface area (Å²) < 4.78 is 5.54. The lowest BCUT2D eigenvalue weighted by atomic mass is 9.77. The monoisotopic (exact) mass is 378 g/mol. The van der Waals surface area contributed by atoms with E-state index in [0.717, 1.165) is 11.8 Å². The number of aliphatic hydroxyl groups is 1. The molecule has 4 atom stereocenters. The number of nitrogens with one attached hydrogen (secondary N) is 1. The van der Waals surface area contributed by atoms with Gasteiger partial charge in [-0.3, -0.25) is 9.78 Å². The normalized spacial score (nSPS) is 27.0. The Balaban J connectivity index is 1.31. The molecular weight excluding hydrogens is 356 g/mol. The minimum absolute atomic E-state index is 0.00266. The van der Waals surface area contributed by atoms with Crippen LogP contribution in [-0.4, -0.2) is 51.1 Å². The molecule has 0 spiro atoms. The minimum atomic E-state index is -0.466. The summed E-state index contributed by atoms with van der Waals surface area (Å²) in [7, 11) is 0. The average Bonchev–Trinajstić information content (AvgIpc) is 3.35. The van der Waals surface area contributed by atoms with Crippen LogP contribution in [0.25, 0.3) is 11.0 Å². The molecule has 0 unspecified atom stereocenters. The second-order valence-electron chi connectivity index (χ2n) is 7.76. The predicted octanol–water partition coefficient (Wildman–Crippen LogP) is 2.55. The van der Waals surface area contributed by atoms with Gasteiger partial charge in [0.2, 0.25) is 0 Å². The molecule has 1 aliphatic heterocycles. The lowest BCUT2D eigenvalue weighted by Gasteiger charge is -2.35. The van der Waals surface area contributed by atoms with Gasteiger partial charge in [-0.15, -0.1) is 0 Å². The first-order valence-corrected chi connectivity index (χ1v) is 9.65. The fraction of sp³-hybridized carbons (Fsp3) is 0.381. The zero-order valence-electron chi connectivity index (χ0n) is 15.4. The van der Waals surface area contributed by atoms with E-state index >= 15 is 0 Å². The number of hydrogen-bond acceptors (Lipinski definition) is 6. The Labute approximate surface area is 162 Å². The van der Waals surface area contributed by atoms with Crippen LogP contribution < -0.4 is 5.32 Å². The number of benzene rings is 1. The topological polar surface area (TPSA) is 91.5 Å². The molecule has 1 amide bonds. The maximum absolute atomic E-state index is 13.1. The van der Waals surface area contributed by atoms with Gasteiger partial charge in [0.15, 0.2) is 0 Å². The number of hydrogen-bond donors (Lipinski definition) is 2. The van der Waals surface area contributed by atoms with Crippen LogP contribution in [0.2, 0.25) is 0 Å². The molecule has 144 valence electrons. The fourth-order valence-corrected chi connectivity index (χ4v) is 4.65. The van der Waals surface area contributed by atoms with Gasteiger partial charge in [0.05, 0.1) is 30.2 Å². The first-order valence-electron chi connectivity index (χ1n) is 9.65. The first-order chi connectivity index (χ1) is 13.7. The van der Waals surface area contributed by atoms with Gasteiger partial charge >= 0.3 is 0 Å². The van der Waals surface area contributed by atoms with Crippen LogP contribution in [0.4, 0.5) is 5.82 Å².